The lowest BCUT2D eigenvalue weighted by molar-refractivity contribution is -0.274. The van der Waals surface area contributed by atoms with E-state index in [1.54, 1.807) is 18.2 Å². The van der Waals surface area contributed by atoms with Gasteiger partial charge >= 0.3 is 18.3 Å². The maximum Gasteiger partial charge on any atom is 0.573 e. The second-order valence-electron chi connectivity index (χ2n) is 8.20. The Morgan fingerprint density at radius 1 is 1.29 bits per heavy atom. The van der Waals surface area contributed by atoms with Gasteiger partial charge in [-0.1, -0.05) is 19.1 Å². The Balaban J connectivity index is 1.43. The van der Waals surface area contributed by atoms with Gasteiger partial charge in [-0.25, -0.2) is 4.79 Å². The number of fused-ring (bicyclic) bond motifs is 4. The van der Waals surface area contributed by atoms with Crippen LogP contribution in [0.3, 0.4) is 0 Å². The number of halogens is 3. The zero-order valence-electron chi connectivity index (χ0n) is 18.1. The largest absolute Gasteiger partial charge is 0.573 e. The fourth-order valence-electron chi connectivity index (χ4n) is 4.65. The van der Waals surface area contributed by atoms with Crippen LogP contribution in [0.4, 0.5) is 13.2 Å². The Morgan fingerprint density at radius 3 is 2.88 bits per heavy atom. The zero-order valence-corrected chi connectivity index (χ0v) is 18.1. The van der Waals surface area contributed by atoms with Gasteiger partial charge in [0.25, 0.3) is 5.95 Å². The van der Waals surface area contributed by atoms with Crippen molar-refractivity contribution in [2.24, 2.45) is 0 Å². The number of alkyl halides is 3. The van der Waals surface area contributed by atoms with Gasteiger partial charge in [0.1, 0.15) is 11.4 Å². The minimum Gasteiger partial charge on any atom is -0.406 e. The molecule has 1 aliphatic carbocycles. The predicted molar refractivity (Wildman–Crippen MR) is 112 cm³/mol. The van der Waals surface area contributed by atoms with Gasteiger partial charge in [0, 0.05) is 17.0 Å². The molecule has 3 heterocycles. The summed E-state index contributed by atoms with van der Waals surface area (Å²) < 4.78 is 58.6. The summed E-state index contributed by atoms with van der Waals surface area (Å²) in [5, 5.41) is 0.734. The molecule has 0 bridgehead atoms. The Hall–Kier alpha value is -3.53. The van der Waals surface area contributed by atoms with Gasteiger partial charge in [0.15, 0.2) is 0 Å². The second-order valence-corrected chi connectivity index (χ2v) is 8.20. The number of carbonyl (C=O) groups is 2. The molecule has 0 radical (unpaired) electrons. The van der Waals surface area contributed by atoms with Gasteiger partial charge in [0.05, 0.1) is 29.9 Å². The number of esters is 2. The van der Waals surface area contributed by atoms with E-state index < -0.39 is 23.9 Å². The number of cyclic esters (lactones) is 1. The highest BCUT2D eigenvalue weighted by atomic mass is 19.4. The highest BCUT2D eigenvalue weighted by Crippen LogP contribution is 2.43. The first-order valence-corrected chi connectivity index (χ1v) is 10.8. The lowest BCUT2D eigenvalue weighted by Crippen LogP contribution is -2.37. The number of hydrogen-bond acceptors (Lipinski definition) is 6. The molecule has 1 aromatic carbocycles. The van der Waals surface area contributed by atoms with E-state index in [0.29, 0.717) is 48.2 Å². The number of carbonyl (C=O) groups excluding carboxylic acids is 2. The van der Waals surface area contributed by atoms with Gasteiger partial charge in [-0.2, -0.15) is 0 Å². The monoisotopic (exact) mass is 475 g/mol. The Labute approximate surface area is 191 Å². The quantitative estimate of drug-likeness (QED) is 0.624. The first-order valence-electron chi connectivity index (χ1n) is 10.8. The SMILES string of the molecule is CCC1(CC(=O)OC2=C3CC=CC=C3C(=O)O2)OCCc2c1[nH]c1cc(OC(F)(F)F)ccc21. The standard InChI is InChI=1S/C24H20F3NO6/c1-2-23(12-19(29)32-22-17-6-4-3-5-16(17)21(30)33-22)20-15(9-10-31-23)14-8-7-13(11-18(14)28-20)34-24(25,26)27/h3-5,7-8,11,28H,2,6,9-10,12H2,1H3. The summed E-state index contributed by atoms with van der Waals surface area (Å²) in [5.74, 6) is -1.70. The lowest BCUT2D eigenvalue weighted by atomic mass is 9.86. The number of nitrogens with one attached hydrogen (secondary N) is 1. The summed E-state index contributed by atoms with van der Waals surface area (Å²) in [4.78, 5) is 28.1. The highest BCUT2D eigenvalue weighted by molar-refractivity contribution is 5.98. The molecular weight excluding hydrogens is 455 g/mol. The van der Waals surface area contributed by atoms with Crippen molar-refractivity contribution in [3.8, 4) is 5.75 Å². The van der Waals surface area contributed by atoms with Crippen LogP contribution in [-0.2, 0) is 35.8 Å². The van der Waals surface area contributed by atoms with Crippen molar-refractivity contribution >= 4 is 22.8 Å². The summed E-state index contributed by atoms with van der Waals surface area (Å²) in [6.07, 6.45) is 1.50. The smallest absolute Gasteiger partial charge is 0.406 e. The van der Waals surface area contributed by atoms with Crippen LogP contribution in [-0.4, -0.2) is 29.9 Å². The number of ether oxygens (including phenoxy) is 4. The van der Waals surface area contributed by atoms with Crippen molar-refractivity contribution in [2.45, 2.75) is 44.6 Å². The average Bonchev–Trinajstić information content (AvgIpc) is 3.31. The minimum atomic E-state index is -4.80. The fraction of sp³-hybridized carbons (Fsp3) is 0.333. The van der Waals surface area contributed by atoms with E-state index in [9.17, 15) is 22.8 Å². The van der Waals surface area contributed by atoms with Crippen LogP contribution in [0.15, 0.2) is 53.5 Å². The molecule has 1 unspecified atom stereocenters. The first-order chi connectivity index (χ1) is 16.2. The molecule has 1 atom stereocenters. The lowest BCUT2D eigenvalue weighted by Gasteiger charge is -2.36. The third-order valence-electron chi connectivity index (χ3n) is 6.20. The van der Waals surface area contributed by atoms with E-state index in [4.69, 9.17) is 14.2 Å². The van der Waals surface area contributed by atoms with Crippen LogP contribution in [0.5, 0.6) is 5.75 Å². The second kappa shape index (κ2) is 8.05. The molecule has 0 saturated carbocycles. The summed E-state index contributed by atoms with van der Waals surface area (Å²) >= 11 is 0. The molecule has 1 aromatic heterocycles. The van der Waals surface area contributed by atoms with E-state index in [1.165, 1.54) is 12.1 Å². The Bertz CT molecular complexity index is 1290. The molecule has 2 aliphatic heterocycles. The molecule has 5 rings (SSSR count). The molecule has 0 amide bonds. The maximum atomic E-state index is 12.9. The zero-order chi connectivity index (χ0) is 24.1. The van der Waals surface area contributed by atoms with Crippen LogP contribution in [0.2, 0.25) is 0 Å². The summed E-state index contributed by atoms with van der Waals surface area (Å²) in [5.41, 5.74) is 1.72. The summed E-state index contributed by atoms with van der Waals surface area (Å²) in [7, 11) is 0. The van der Waals surface area contributed by atoms with Crippen molar-refractivity contribution in [3.63, 3.8) is 0 Å². The fourth-order valence-corrected chi connectivity index (χ4v) is 4.65. The molecule has 34 heavy (non-hydrogen) atoms. The van der Waals surface area contributed by atoms with Crippen molar-refractivity contribution in [3.05, 3.63) is 64.8 Å². The topological polar surface area (TPSA) is 86.9 Å². The molecule has 1 N–H and O–H groups in total. The van der Waals surface area contributed by atoms with Crippen LogP contribution >= 0.6 is 0 Å². The molecular formula is C24H20F3NO6. The number of rotatable bonds is 5. The van der Waals surface area contributed by atoms with Crippen molar-refractivity contribution in [1.82, 2.24) is 4.98 Å². The Kier molecular flexibility index (Phi) is 5.27. The van der Waals surface area contributed by atoms with Crippen molar-refractivity contribution in [2.75, 3.05) is 6.61 Å². The molecule has 178 valence electrons. The first kappa shape index (κ1) is 22.3. The molecule has 0 fully saturated rings. The number of aromatic nitrogens is 1. The summed E-state index contributed by atoms with van der Waals surface area (Å²) in [6, 6.07) is 4.09. The maximum absolute atomic E-state index is 12.9. The molecule has 2 aromatic rings. The minimum absolute atomic E-state index is 0.126. The van der Waals surface area contributed by atoms with Crippen LogP contribution in [0.25, 0.3) is 10.9 Å². The molecule has 3 aliphatic rings. The predicted octanol–water partition coefficient (Wildman–Crippen LogP) is 4.83. The molecule has 7 nitrogen and oxygen atoms in total. The van der Waals surface area contributed by atoms with Gasteiger partial charge in [-0.05, 0) is 43.0 Å². The third-order valence-corrected chi connectivity index (χ3v) is 6.20. The van der Waals surface area contributed by atoms with Gasteiger partial charge < -0.3 is 23.9 Å². The van der Waals surface area contributed by atoms with Gasteiger partial charge in [0.2, 0.25) is 0 Å². The van der Waals surface area contributed by atoms with Crippen LogP contribution < -0.4 is 4.74 Å². The van der Waals surface area contributed by atoms with Crippen LogP contribution in [0.1, 0.15) is 37.4 Å². The van der Waals surface area contributed by atoms with Gasteiger partial charge in [-0.15, -0.1) is 13.2 Å². The number of aromatic amines is 1. The van der Waals surface area contributed by atoms with E-state index in [2.05, 4.69) is 9.72 Å². The van der Waals surface area contributed by atoms with Gasteiger partial charge in [-0.3, -0.25) is 4.79 Å². The number of hydrogen-bond donors (Lipinski definition) is 1. The molecule has 0 saturated heterocycles. The van der Waals surface area contributed by atoms with Crippen molar-refractivity contribution in [1.29, 1.82) is 0 Å². The number of allylic oxidation sites excluding steroid dienone is 3. The van der Waals surface area contributed by atoms with E-state index >= 15 is 0 Å². The van der Waals surface area contributed by atoms with E-state index in [1.807, 2.05) is 13.0 Å². The summed E-state index contributed by atoms with van der Waals surface area (Å²) in [6.45, 7) is 2.17. The molecule has 0 spiro atoms. The van der Waals surface area contributed by atoms with E-state index in [0.717, 1.165) is 10.9 Å². The highest BCUT2D eigenvalue weighted by Gasteiger charge is 2.43. The number of H-pyrrole nitrogens is 1. The van der Waals surface area contributed by atoms with Crippen LogP contribution in [0, 0.1) is 0 Å². The molecule has 10 heteroatoms. The third kappa shape index (κ3) is 3.87. The average molecular weight is 475 g/mol. The number of benzene rings is 1. The van der Waals surface area contributed by atoms with Crippen molar-refractivity contribution < 1.29 is 41.7 Å². The Morgan fingerprint density at radius 2 is 2.12 bits per heavy atom. The normalized spacial score (nSPS) is 21.8. The van der Waals surface area contributed by atoms with E-state index in [-0.39, 0.29) is 18.1 Å².